The number of halogens is 2. The minimum Gasteiger partial charge on any atom is -0.479 e. The van der Waals surface area contributed by atoms with Gasteiger partial charge in [0.25, 0.3) is 0 Å². The normalized spacial score (nSPS) is 12.2. The van der Waals surface area contributed by atoms with Crippen LogP contribution in [0, 0.1) is 0 Å². The van der Waals surface area contributed by atoms with Gasteiger partial charge in [0.2, 0.25) is 0 Å². The lowest BCUT2D eigenvalue weighted by Gasteiger charge is -2.14. The molecule has 0 saturated carbocycles. The summed E-state index contributed by atoms with van der Waals surface area (Å²) in [6.45, 7) is 2.04. The third-order valence-corrected chi connectivity index (χ3v) is 3.31. The van der Waals surface area contributed by atoms with Crippen LogP contribution in [0.5, 0.6) is 5.75 Å². The lowest BCUT2D eigenvalue weighted by Crippen LogP contribution is -2.23. The molecule has 1 aromatic carbocycles. The summed E-state index contributed by atoms with van der Waals surface area (Å²) in [6, 6.07) is 3.75. The van der Waals surface area contributed by atoms with Crippen LogP contribution in [0.2, 0.25) is 0 Å². The second kappa shape index (κ2) is 6.37. The molecule has 94 valence electrons. The van der Waals surface area contributed by atoms with Gasteiger partial charge in [0.15, 0.2) is 6.10 Å². The predicted octanol–water partition coefficient (Wildman–Crippen LogP) is 2.56. The third kappa shape index (κ3) is 3.97. The number of ether oxygens (including phenoxy) is 1. The number of hydrogen-bond donors (Lipinski definition) is 2. The fourth-order valence-electron chi connectivity index (χ4n) is 1.26. The van der Waals surface area contributed by atoms with E-state index in [0.29, 0.717) is 21.2 Å². The van der Waals surface area contributed by atoms with Crippen LogP contribution in [-0.4, -0.2) is 23.7 Å². The van der Waals surface area contributed by atoms with E-state index in [1.807, 2.05) is 12.1 Å². The molecule has 0 heterocycles. The summed E-state index contributed by atoms with van der Waals surface area (Å²) in [5.41, 5.74) is 6.54. The zero-order valence-corrected chi connectivity index (χ0v) is 12.4. The van der Waals surface area contributed by atoms with Gasteiger partial charge in [-0.25, -0.2) is 4.79 Å². The summed E-state index contributed by atoms with van der Waals surface area (Å²) >= 11 is 6.71. The highest BCUT2D eigenvalue weighted by Crippen LogP contribution is 2.35. The summed E-state index contributed by atoms with van der Waals surface area (Å²) in [4.78, 5) is 10.7. The Hall–Kier alpha value is -0.590. The molecule has 0 aliphatic heterocycles. The Balaban J connectivity index is 2.97. The Morgan fingerprint density at radius 2 is 2.00 bits per heavy atom. The highest BCUT2D eigenvalue weighted by Gasteiger charge is 2.17. The van der Waals surface area contributed by atoms with E-state index < -0.39 is 12.1 Å². The molecule has 4 nitrogen and oxygen atoms in total. The zero-order valence-electron chi connectivity index (χ0n) is 9.24. The first-order valence-corrected chi connectivity index (χ1v) is 6.61. The van der Waals surface area contributed by atoms with E-state index in [1.165, 1.54) is 6.92 Å². The Morgan fingerprint density at radius 3 is 2.41 bits per heavy atom. The number of hydrogen-bond acceptors (Lipinski definition) is 3. The van der Waals surface area contributed by atoms with Crippen LogP contribution in [0.25, 0.3) is 0 Å². The van der Waals surface area contributed by atoms with Crippen LogP contribution in [0.3, 0.4) is 0 Å². The van der Waals surface area contributed by atoms with E-state index in [-0.39, 0.29) is 0 Å². The zero-order chi connectivity index (χ0) is 13.0. The fourth-order valence-corrected chi connectivity index (χ4v) is 2.73. The molecule has 0 aromatic heterocycles. The van der Waals surface area contributed by atoms with E-state index >= 15 is 0 Å². The summed E-state index contributed by atoms with van der Waals surface area (Å²) in [5.74, 6) is -0.518. The van der Waals surface area contributed by atoms with Gasteiger partial charge in [-0.15, -0.1) is 0 Å². The van der Waals surface area contributed by atoms with Crippen LogP contribution in [0.1, 0.15) is 12.5 Å². The summed E-state index contributed by atoms with van der Waals surface area (Å²) in [5, 5.41) is 8.79. The van der Waals surface area contributed by atoms with Gasteiger partial charge in [-0.1, -0.05) is 0 Å². The number of aliphatic carboxylic acids is 1. The smallest absolute Gasteiger partial charge is 0.344 e. The standard InChI is InChI=1S/C11H13Br2NO3/c1-6(11(15)16)17-10-8(12)4-7(2-3-14)5-9(10)13/h4-6H,2-3,14H2,1H3,(H,15,16). The Kier molecular flexibility index (Phi) is 5.42. The van der Waals surface area contributed by atoms with E-state index in [0.717, 1.165) is 12.0 Å². The van der Waals surface area contributed by atoms with Crippen molar-refractivity contribution >= 4 is 37.8 Å². The summed E-state index contributed by atoms with van der Waals surface area (Å²) in [6.07, 6.45) is -0.144. The van der Waals surface area contributed by atoms with Crippen LogP contribution < -0.4 is 10.5 Å². The lowest BCUT2D eigenvalue weighted by atomic mass is 10.1. The summed E-state index contributed by atoms with van der Waals surface area (Å²) in [7, 11) is 0. The number of rotatable bonds is 5. The molecule has 1 atom stereocenters. The van der Waals surface area contributed by atoms with Gasteiger partial charge in [0.05, 0.1) is 8.95 Å². The number of carboxylic acid groups (broad SMARTS) is 1. The maximum Gasteiger partial charge on any atom is 0.344 e. The van der Waals surface area contributed by atoms with E-state index in [4.69, 9.17) is 15.6 Å². The molecule has 1 aromatic rings. The molecule has 1 rings (SSSR count). The van der Waals surface area contributed by atoms with Gasteiger partial charge in [-0.2, -0.15) is 0 Å². The lowest BCUT2D eigenvalue weighted by molar-refractivity contribution is -0.144. The third-order valence-electron chi connectivity index (χ3n) is 2.13. The van der Waals surface area contributed by atoms with Crippen molar-refractivity contribution in [2.24, 2.45) is 5.73 Å². The molecular weight excluding hydrogens is 354 g/mol. The number of carboxylic acids is 1. The van der Waals surface area contributed by atoms with E-state index in [1.54, 1.807) is 0 Å². The number of carbonyl (C=O) groups is 1. The molecule has 0 radical (unpaired) electrons. The van der Waals surface area contributed by atoms with Crippen LogP contribution in [-0.2, 0) is 11.2 Å². The largest absolute Gasteiger partial charge is 0.479 e. The first-order valence-electron chi connectivity index (χ1n) is 5.03. The Labute approximate surface area is 116 Å². The van der Waals surface area contributed by atoms with Crippen molar-refractivity contribution in [3.05, 3.63) is 26.6 Å². The van der Waals surface area contributed by atoms with Gasteiger partial charge in [0.1, 0.15) is 5.75 Å². The van der Waals surface area contributed by atoms with Crippen LogP contribution >= 0.6 is 31.9 Å². The van der Waals surface area contributed by atoms with Crippen molar-refractivity contribution in [3.63, 3.8) is 0 Å². The van der Waals surface area contributed by atoms with Crippen molar-refractivity contribution in [1.82, 2.24) is 0 Å². The van der Waals surface area contributed by atoms with E-state index in [2.05, 4.69) is 31.9 Å². The minimum atomic E-state index is -1.00. The van der Waals surface area contributed by atoms with Gasteiger partial charge in [0, 0.05) is 0 Å². The summed E-state index contributed by atoms with van der Waals surface area (Å²) < 4.78 is 6.77. The number of nitrogens with two attached hydrogens (primary N) is 1. The highest BCUT2D eigenvalue weighted by molar-refractivity contribution is 9.11. The predicted molar refractivity (Wildman–Crippen MR) is 72.3 cm³/mol. The van der Waals surface area contributed by atoms with Crippen LogP contribution in [0.15, 0.2) is 21.1 Å². The molecule has 0 spiro atoms. The van der Waals surface area contributed by atoms with Gasteiger partial charge in [-0.05, 0) is 69.4 Å². The average molecular weight is 367 g/mol. The van der Waals surface area contributed by atoms with Crippen LogP contribution in [0.4, 0.5) is 0 Å². The van der Waals surface area contributed by atoms with Crippen molar-refractivity contribution in [3.8, 4) is 5.75 Å². The average Bonchev–Trinajstić information content (AvgIpc) is 2.23. The molecule has 3 N–H and O–H groups in total. The quantitative estimate of drug-likeness (QED) is 0.839. The fraction of sp³-hybridized carbons (Fsp3) is 0.364. The molecule has 0 aliphatic rings. The molecular formula is C11H13Br2NO3. The minimum absolute atomic E-state index is 0.487. The van der Waals surface area contributed by atoms with E-state index in [9.17, 15) is 4.79 Å². The molecule has 1 unspecified atom stereocenters. The van der Waals surface area contributed by atoms with Crippen molar-refractivity contribution in [2.75, 3.05) is 6.54 Å². The van der Waals surface area contributed by atoms with Gasteiger partial charge in [-0.3, -0.25) is 0 Å². The Morgan fingerprint density at radius 1 is 1.47 bits per heavy atom. The second-order valence-corrected chi connectivity index (χ2v) is 5.23. The molecule has 6 heteroatoms. The highest BCUT2D eigenvalue weighted by atomic mass is 79.9. The van der Waals surface area contributed by atoms with Crippen molar-refractivity contribution in [2.45, 2.75) is 19.4 Å². The molecule has 0 bridgehead atoms. The topological polar surface area (TPSA) is 72.5 Å². The first-order chi connectivity index (χ1) is 7.95. The maximum atomic E-state index is 10.7. The number of benzene rings is 1. The Bertz CT molecular complexity index is 400. The maximum absolute atomic E-state index is 10.7. The van der Waals surface area contributed by atoms with Gasteiger partial charge < -0.3 is 15.6 Å². The monoisotopic (exact) mass is 365 g/mol. The van der Waals surface area contributed by atoms with Crippen molar-refractivity contribution in [1.29, 1.82) is 0 Å². The molecule has 17 heavy (non-hydrogen) atoms. The molecule has 0 amide bonds. The molecule has 0 saturated heterocycles. The SMILES string of the molecule is CC(Oc1c(Br)cc(CCN)cc1Br)C(=O)O. The van der Waals surface area contributed by atoms with Gasteiger partial charge >= 0.3 is 5.97 Å². The molecule has 0 aliphatic carbocycles. The van der Waals surface area contributed by atoms with Crippen molar-refractivity contribution < 1.29 is 14.6 Å². The second-order valence-electron chi connectivity index (χ2n) is 3.53. The molecule has 0 fully saturated rings. The first kappa shape index (κ1) is 14.5.